The van der Waals surface area contributed by atoms with E-state index < -0.39 is 0 Å². The van der Waals surface area contributed by atoms with Gasteiger partial charge in [-0.3, -0.25) is 0 Å². The summed E-state index contributed by atoms with van der Waals surface area (Å²) in [5.74, 6) is 0.980. The van der Waals surface area contributed by atoms with E-state index in [1.165, 1.54) is 38.9 Å². The molecule has 14 heavy (non-hydrogen) atoms. The Morgan fingerprint density at radius 1 is 1.29 bits per heavy atom. The minimum Gasteiger partial charge on any atom is -0.317 e. The Kier molecular flexibility index (Phi) is 2.85. The van der Waals surface area contributed by atoms with Crippen molar-refractivity contribution in [1.29, 1.82) is 0 Å². The SMILES string of the molecule is CNC1CCN(CC2CC2(C)C)CC1. The van der Waals surface area contributed by atoms with E-state index in [0.29, 0.717) is 5.41 Å². The molecule has 1 saturated heterocycles. The van der Waals surface area contributed by atoms with Crippen molar-refractivity contribution in [2.75, 3.05) is 26.7 Å². The maximum absolute atomic E-state index is 3.38. The molecule has 82 valence electrons. The Labute approximate surface area is 88.1 Å². The minimum absolute atomic E-state index is 0.653. The molecule has 1 atom stereocenters. The molecule has 2 fully saturated rings. The van der Waals surface area contributed by atoms with Crippen LogP contribution in [0.25, 0.3) is 0 Å². The normalized spacial score (nSPS) is 33.2. The second-order valence-corrected chi connectivity index (χ2v) is 5.75. The number of nitrogens with zero attached hydrogens (tertiary/aromatic N) is 1. The molecule has 1 aliphatic heterocycles. The summed E-state index contributed by atoms with van der Waals surface area (Å²) in [6.07, 6.45) is 4.12. The number of nitrogens with one attached hydrogen (secondary N) is 1. The molecule has 2 aliphatic rings. The maximum Gasteiger partial charge on any atom is 0.00884 e. The second-order valence-electron chi connectivity index (χ2n) is 5.75. The van der Waals surface area contributed by atoms with Gasteiger partial charge in [-0.2, -0.15) is 0 Å². The van der Waals surface area contributed by atoms with E-state index in [0.717, 1.165) is 12.0 Å². The fraction of sp³-hybridized carbons (Fsp3) is 1.00. The van der Waals surface area contributed by atoms with Crippen LogP contribution < -0.4 is 5.32 Å². The van der Waals surface area contributed by atoms with Crippen LogP contribution in [0.15, 0.2) is 0 Å². The van der Waals surface area contributed by atoms with Gasteiger partial charge in [0.05, 0.1) is 0 Å². The van der Waals surface area contributed by atoms with Gasteiger partial charge in [0.2, 0.25) is 0 Å². The summed E-state index contributed by atoms with van der Waals surface area (Å²) in [6, 6.07) is 0.776. The molecule has 0 radical (unpaired) electrons. The first-order valence-electron chi connectivity index (χ1n) is 6.01. The molecular weight excluding hydrogens is 172 g/mol. The van der Waals surface area contributed by atoms with Crippen LogP contribution in [0.1, 0.15) is 33.1 Å². The first-order valence-corrected chi connectivity index (χ1v) is 6.01. The summed E-state index contributed by atoms with van der Waals surface area (Å²) in [5.41, 5.74) is 0.653. The summed E-state index contributed by atoms with van der Waals surface area (Å²) < 4.78 is 0. The molecule has 1 aliphatic carbocycles. The van der Waals surface area contributed by atoms with Gasteiger partial charge >= 0.3 is 0 Å². The Hall–Kier alpha value is -0.0800. The van der Waals surface area contributed by atoms with E-state index in [-0.39, 0.29) is 0 Å². The van der Waals surface area contributed by atoms with Gasteiger partial charge in [-0.05, 0) is 50.7 Å². The monoisotopic (exact) mass is 196 g/mol. The molecule has 0 aromatic carbocycles. The molecule has 1 heterocycles. The first-order chi connectivity index (χ1) is 6.62. The van der Waals surface area contributed by atoms with Crippen molar-refractivity contribution in [3.8, 4) is 0 Å². The third kappa shape index (κ3) is 2.29. The molecule has 1 unspecified atom stereocenters. The van der Waals surface area contributed by atoms with Gasteiger partial charge in [0.25, 0.3) is 0 Å². The highest BCUT2D eigenvalue weighted by Crippen LogP contribution is 2.51. The van der Waals surface area contributed by atoms with E-state index in [4.69, 9.17) is 0 Å². The molecule has 0 aromatic rings. The summed E-state index contributed by atoms with van der Waals surface area (Å²) >= 11 is 0. The van der Waals surface area contributed by atoms with E-state index in [2.05, 4.69) is 31.1 Å². The topological polar surface area (TPSA) is 15.3 Å². The van der Waals surface area contributed by atoms with Gasteiger partial charge in [0, 0.05) is 12.6 Å². The third-order valence-electron chi connectivity index (χ3n) is 4.19. The van der Waals surface area contributed by atoms with Gasteiger partial charge in [-0.25, -0.2) is 0 Å². The van der Waals surface area contributed by atoms with Crippen LogP contribution in [0.3, 0.4) is 0 Å². The van der Waals surface area contributed by atoms with Crippen LogP contribution in [0.4, 0.5) is 0 Å². The van der Waals surface area contributed by atoms with Crippen LogP contribution in [-0.4, -0.2) is 37.6 Å². The Morgan fingerprint density at radius 2 is 1.86 bits per heavy atom. The standard InChI is InChI=1S/C12H24N2/c1-12(2)8-10(12)9-14-6-4-11(13-3)5-7-14/h10-11,13H,4-9H2,1-3H3. The number of likely N-dealkylation sites (tertiary alicyclic amines) is 1. The molecule has 0 aromatic heterocycles. The lowest BCUT2D eigenvalue weighted by molar-refractivity contribution is 0.188. The highest BCUT2D eigenvalue weighted by molar-refractivity contribution is 4.97. The largest absolute Gasteiger partial charge is 0.317 e. The highest BCUT2D eigenvalue weighted by Gasteiger charge is 2.46. The lowest BCUT2D eigenvalue weighted by Gasteiger charge is -2.32. The van der Waals surface area contributed by atoms with Crippen molar-refractivity contribution in [2.45, 2.75) is 39.2 Å². The Bertz CT molecular complexity index is 192. The smallest absolute Gasteiger partial charge is 0.00884 e. The van der Waals surface area contributed by atoms with Gasteiger partial charge in [-0.1, -0.05) is 13.8 Å². The lowest BCUT2D eigenvalue weighted by Crippen LogP contribution is -2.42. The van der Waals surface area contributed by atoms with Crippen LogP contribution >= 0.6 is 0 Å². The van der Waals surface area contributed by atoms with Gasteiger partial charge in [0.1, 0.15) is 0 Å². The van der Waals surface area contributed by atoms with Crippen LogP contribution in [0.5, 0.6) is 0 Å². The number of hydrogen-bond donors (Lipinski definition) is 1. The molecule has 0 amide bonds. The molecule has 2 rings (SSSR count). The molecule has 0 spiro atoms. The van der Waals surface area contributed by atoms with Crippen molar-refractivity contribution < 1.29 is 0 Å². The number of rotatable bonds is 3. The molecule has 0 bridgehead atoms. The predicted molar refractivity (Wildman–Crippen MR) is 60.4 cm³/mol. The van der Waals surface area contributed by atoms with Crippen molar-refractivity contribution in [2.24, 2.45) is 11.3 Å². The van der Waals surface area contributed by atoms with E-state index in [9.17, 15) is 0 Å². The molecule has 1 saturated carbocycles. The zero-order valence-corrected chi connectivity index (χ0v) is 9.84. The first kappa shape index (κ1) is 10.4. The summed E-state index contributed by atoms with van der Waals surface area (Å²) in [4.78, 5) is 2.66. The quantitative estimate of drug-likeness (QED) is 0.739. The van der Waals surface area contributed by atoms with Gasteiger partial charge in [0.15, 0.2) is 0 Å². The molecular formula is C12H24N2. The van der Waals surface area contributed by atoms with Crippen molar-refractivity contribution in [3.63, 3.8) is 0 Å². The Balaban J connectivity index is 1.69. The second kappa shape index (κ2) is 3.82. The summed E-state index contributed by atoms with van der Waals surface area (Å²) in [5, 5.41) is 3.38. The minimum atomic E-state index is 0.653. The maximum atomic E-state index is 3.38. The van der Waals surface area contributed by atoms with Crippen LogP contribution in [0, 0.1) is 11.3 Å². The fourth-order valence-corrected chi connectivity index (χ4v) is 2.60. The average molecular weight is 196 g/mol. The molecule has 2 nitrogen and oxygen atoms in total. The summed E-state index contributed by atoms with van der Waals surface area (Å²) in [6.45, 7) is 8.76. The zero-order chi connectivity index (χ0) is 10.2. The summed E-state index contributed by atoms with van der Waals surface area (Å²) in [7, 11) is 2.09. The Morgan fingerprint density at radius 3 is 2.29 bits per heavy atom. The van der Waals surface area contributed by atoms with Crippen LogP contribution in [0.2, 0.25) is 0 Å². The number of hydrogen-bond acceptors (Lipinski definition) is 2. The van der Waals surface area contributed by atoms with E-state index in [1.54, 1.807) is 0 Å². The van der Waals surface area contributed by atoms with Crippen molar-refractivity contribution in [3.05, 3.63) is 0 Å². The van der Waals surface area contributed by atoms with Gasteiger partial charge < -0.3 is 10.2 Å². The van der Waals surface area contributed by atoms with Crippen molar-refractivity contribution >= 4 is 0 Å². The fourth-order valence-electron chi connectivity index (χ4n) is 2.60. The predicted octanol–water partition coefficient (Wildman–Crippen LogP) is 1.72. The average Bonchev–Trinajstić information content (AvgIpc) is 2.75. The van der Waals surface area contributed by atoms with E-state index >= 15 is 0 Å². The third-order valence-corrected chi connectivity index (χ3v) is 4.19. The lowest BCUT2D eigenvalue weighted by atomic mass is 10.0. The highest BCUT2D eigenvalue weighted by atomic mass is 15.1. The number of piperidine rings is 1. The van der Waals surface area contributed by atoms with E-state index in [1.807, 2.05) is 0 Å². The molecule has 2 heteroatoms. The molecule has 1 N–H and O–H groups in total. The zero-order valence-electron chi connectivity index (χ0n) is 9.84. The van der Waals surface area contributed by atoms with Gasteiger partial charge in [-0.15, -0.1) is 0 Å². The van der Waals surface area contributed by atoms with Crippen LogP contribution in [-0.2, 0) is 0 Å². The van der Waals surface area contributed by atoms with Crippen molar-refractivity contribution in [1.82, 2.24) is 10.2 Å².